The summed E-state index contributed by atoms with van der Waals surface area (Å²) in [6.07, 6.45) is 0.313. The zero-order valence-electron chi connectivity index (χ0n) is 14.2. The van der Waals surface area contributed by atoms with E-state index in [4.69, 9.17) is 0 Å². The molecule has 1 aromatic rings. The van der Waals surface area contributed by atoms with Crippen LogP contribution in [0, 0.1) is 6.92 Å². The molecule has 0 saturated carbocycles. The number of hydrogen-bond acceptors (Lipinski definition) is 5. The van der Waals surface area contributed by atoms with Gasteiger partial charge in [-0.15, -0.1) is 0 Å². The minimum Gasteiger partial charge on any atom is -0.350 e. The van der Waals surface area contributed by atoms with Gasteiger partial charge in [0.2, 0.25) is 5.91 Å². The number of aryl methyl sites for hydroxylation is 1. The number of nitrogens with one attached hydrogen (secondary N) is 1. The molecule has 0 aromatic heterocycles. The lowest BCUT2D eigenvalue weighted by molar-refractivity contribution is -0.122. The molecule has 1 unspecified atom stereocenters. The first kappa shape index (κ1) is 17.6. The molecule has 1 N–H and O–H groups in total. The van der Waals surface area contributed by atoms with Crippen LogP contribution in [-0.4, -0.2) is 54.6 Å². The summed E-state index contributed by atoms with van der Waals surface area (Å²) in [4.78, 5) is 37.9. The molecule has 3 rings (SSSR count). The highest BCUT2D eigenvalue weighted by molar-refractivity contribution is 7.91. The molecule has 1 saturated heterocycles. The average Bonchev–Trinajstić information content (AvgIpc) is 2.91. The summed E-state index contributed by atoms with van der Waals surface area (Å²) in [5.74, 6) is -1.19. The van der Waals surface area contributed by atoms with Crippen LogP contribution in [0.5, 0.6) is 0 Å². The predicted molar refractivity (Wildman–Crippen MR) is 91.0 cm³/mol. The largest absolute Gasteiger partial charge is 0.350 e. The molecule has 2 aliphatic rings. The fraction of sp³-hybridized carbons (Fsp3) is 0.471. The maximum atomic E-state index is 12.4. The Morgan fingerprint density at radius 1 is 1.24 bits per heavy atom. The molecule has 0 radical (unpaired) electrons. The van der Waals surface area contributed by atoms with E-state index in [0.29, 0.717) is 17.5 Å². The van der Waals surface area contributed by atoms with E-state index in [1.54, 1.807) is 25.1 Å². The molecule has 7 nitrogen and oxygen atoms in total. The lowest BCUT2D eigenvalue weighted by Crippen LogP contribution is -2.47. The number of nitrogens with zero attached hydrogens (tertiary/aromatic N) is 1. The van der Waals surface area contributed by atoms with Gasteiger partial charge < -0.3 is 5.32 Å². The molecule has 134 valence electrons. The molecule has 3 amide bonds. The maximum absolute atomic E-state index is 12.4. The Kier molecular flexibility index (Phi) is 4.18. The van der Waals surface area contributed by atoms with Crippen LogP contribution in [0.3, 0.4) is 0 Å². The van der Waals surface area contributed by atoms with Crippen molar-refractivity contribution in [2.75, 3.05) is 18.1 Å². The molecule has 0 spiro atoms. The summed E-state index contributed by atoms with van der Waals surface area (Å²) in [6.45, 7) is 3.50. The van der Waals surface area contributed by atoms with Gasteiger partial charge in [-0.05, 0) is 32.4 Å². The fourth-order valence-corrected chi connectivity index (χ4v) is 5.42. The van der Waals surface area contributed by atoms with Crippen LogP contribution >= 0.6 is 0 Å². The first-order chi connectivity index (χ1) is 11.6. The number of sulfone groups is 1. The SMILES string of the molecule is Cc1ccc2c(c1)C(=O)N(CCC(=O)NC1(C)CCS(=O)(=O)C1)C2=O. The predicted octanol–water partition coefficient (Wildman–Crippen LogP) is 0.675. The van der Waals surface area contributed by atoms with Crippen molar-refractivity contribution in [3.05, 3.63) is 34.9 Å². The third kappa shape index (κ3) is 3.44. The molecule has 0 bridgehead atoms. The van der Waals surface area contributed by atoms with Crippen molar-refractivity contribution >= 4 is 27.6 Å². The monoisotopic (exact) mass is 364 g/mol. The second kappa shape index (κ2) is 5.94. The molecular weight excluding hydrogens is 344 g/mol. The Balaban J connectivity index is 1.62. The van der Waals surface area contributed by atoms with E-state index in [-0.39, 0.29) is 30.4 Å². The number of fused-ring (bicyclic) bond motifs is 1. The van der Waals surface area contributed by atoms with Gasteiger partial charge in [0.05, 0.1) is 28.2 Å². The van der Waals surface area contributed by atoms with Gasteiger partial charge in [0.25, 0.3) is 11.8 Å². The summed E-state index contributed by atoms with van der Waals surface area (Å²) in [5.41, 5.74) is 0.814. The molecule has 2 heterocycles. The highest BCUT2D eigenvalue weighted by Gasteiger charge is 2.40. The van der Waals surface area contributed by atoms with Crippen molar-refractivity contribution in [3.8, 4) is 0 Å². The van der Waals surface area contributed by atoms with Crippen molar-refractivity contribution in [2.45, 2.75) is 32.2 Å². The smallest absolute Gasteiger partial charge is 0.261 e. The zero-order valence-corrected chi connectivity index (χ0v) is 15.0. The van der Waals surface area contributed by atoms with Crippen LogP contribution in [0.15, 0.2) is 18.2 Å². The van der Waals surface area contributed by atoms with Crippen molar-refractivity contribution in [3.63, 3.8) is 0 Å². The van der Waals surface area contributed by atoms with E-state index in [1.807, 2.05) is 6.92 Å². The highest BCUT2D eigenvalue weighted by atomic mass is 32.2. The molecule has 1 atom stereocenters. The van der Waals surface area contributed by atoms with E-state index in [0.717, 1.165) is 10.5 Å². The first-order valence-corrected chi connectivity index (χ1v) is 9.91. The van der Waals surface area contributed by atoms with Crippen molar-refractivity contribution in [2.24, 2.45) is 0 Å². The Labute approximate surface area is 146 Å². The standard InChI is InChI=1S/C17H20N2O5S/c1-11-3-4-12-13(9-11)16(22)19(15(12)21)7-5-14(20)18-17(2)6-8-25(23,24)10-17/h3-4,9H,5-8,10H2,1-2H3,(H,18,20). The Bertz CT molecular complexity index is 877. The number of carbonyl (C=O) groups is 3. The van der Waals surface area contributed by atoms with E-state index >= 15 is 0 Å². The highest BCUT2D eigenvalue weighted by Crippen LogP contribution is 2.25. The number of benzene rings is 1. The van der Waals surface area contributed by atoms with Crippen molar-refractivity contribution < 1.29 is 22.8 Å². The van der Waals surface area contributed by atoms with Crippen LogP contribution in [0.1, 0.15) is 46.0 Å². The normalized spacial score (nSPS) is 24.5. The average molecular weight is 364 g/mol. The number of carbonyl (C=O) groups excluding carboxylic acids is 3. The van der Waals surface area contributed by atoms with E-state index in [2.05, 4.69) is 5.32 Å². The van der Waals surface area contributed by atoms with Gasteiger partial charge in [-0.3, -0.25) is 19.3 Å². The van der Waals surface area contributed by atoms with Gasteiger partial charge >= 0.3 is 0 Å². The molecule has 2 aliphatic heterocycles. The second-order valence-electron chi connectivity index (χ2n) is 7.01. The molecule has 25 heavy (non-hydrogen) atoms. The topological polar surface area (TPSA) is 101 Å². The third-order valence-electron chi connectivity index (χ3n) is 4.63. The summed E-state index contributed by atoms with van der Waals surface area (Å²) in [7, 11) is -3.12. The summed E-state index contributed by atoms with van der Waals surface area (Å²) >= 11 is 0. The van der Waals surface area contributed by atoms with Crippen LogP contribution in [0.25, 0.3) is 0 Å². The molecule has 1 fully saturated rings. The van der Waals surface area contributed by atoms with Crippen molar-refractivity contribution in [1.82, 2.24) is 10.2 Å². The Hall–Kier alpha value is -2.22. The number of hydrogen-bond donors (Lipinski definition) is 1. The molecular formula is C17H20N2O5S. The Morgan fingerprint density at radius 3 is 2.56 bits per heavy atom. The van der Waals surface area contributed by atoms with Crippen LogP contribution in [0.4, 0.5) is 0 Å². The molecule has 1 aromatic carbocycles. The van der Waals surface area contributed by atoms with Gasteiger partial charge in [0.15, 0.2) is 9.84 Å². The van der Waals surface area contributed by atoms with Gasteiger partial charge in [0, 0.05) is 13.0 Å². The quantitative estimate of drug-likeness (QED) is 0.792. The first-order valence-electron chi connectivity index (χ1n) is 8.09. The number of rotatable bonds is 4. The number of imide groups is 1. The van der Waals surface area contributed by atoms with Gasteiger partial charge in [-0.1, -0.05) is 11.6 Å². The van der Waals surface area contributed by atoms with Crippen LogP contribution < -0.4 is 5.32 Å². The summed E-state index contributed by atoms with van der Waals surface area (Å²) < 4.78 is 23.2. The minimum absolute atomic E-state index is 0.0277. The van der Waals surface area contributed by atoms with E-state index in [9.17, 15) is 22.8 Å². The van der Waals surface area contributed by atoms with E-state index < -0.39 is 27.2 Å². The van der Waals surface area contributed by atoms with Crippen molar-refractivity contribution in [1.29, 1.82) is 0 Å². The maximum Gasteiger partial charge on any atom is 0.261 e. The summed E-state index contributed by atoms with van der Waals surface area (Å²) in [6, 6.07) is 5.05. The number of amides is 3. The Morgan fingerprint density at radius 2 is 1.92 bits per heavy atom. The van der Waals surface area contributed by atoms with Gasteiger partial charge in [0.1, 0.15) is 0 Å². The summed E-state index contributed by atoms with van der Waals surface area (Å²) in [5, 5.41) is 2.73. The third-order valence-corrected chi connectivity index (χ3v) is 6.54. The van der Waals surface area contributed by atoms with Gasteiger partial charge in [-0.2, -0.15) is 0 Å². The fourth-order valence-electron chi connectivity index (χ4n) is 3.33. The van der Waals surface area contributed by atoms with Crippen LogP contribution in [0.2, 0.25) is 0 Å². The second-order valence-corrected chi connectivity index (χ2v) is 9.20. The minimum atomic E-state index is -3.12. The van der Waals surface area contributed by atoms with E-state index in [1.165, 1.54) is 0 Å². The van der Waals surface area contributed by atoms with Crippen LogP contribution in [-0.2, 0) is 14.6 Å². The molecule has 0 aliphatic carbocycles. The lowest BCUT2D eigenvalue weighted by Gasteiger charge is -2.24. The van der Waals surface area contributed by atoms with Gasteiger partial charge in [-0.25, -0.2) is 8.42 Å². The lowest BCUT2D eigenvalue weighted by atomic mass is 10.0. The molecule has 8 heteroatoms. The zero-order chi connectivity index (χ0) is 18.4.